The molecule has 5 aromatic rings. The lowest BCUT2D eigenvalue weighted by molar-refractivity contribution is -0.136. The Morgan fingerprint density at radius 1 is 0.881 bits per heavy atom. The van der Waals surface area contributed by atoms with E-state index in [-0.39, 0.29) is 30.2 Å². The summed E-state index contributed by atoms with van der Waals surface area (Å²) in [5, 5.41) is 23.7. The SMILES string of the molecule is C[C@@H](NC(=O)c1cccc(NC2(c3nc(-c4ccncc4)n[nH]3)CCNCC2)c1)c1cccc(OCCCCCCOCCOCCNc2cccc3c2CN(C2CCC(=O)NC2=O)C3=O)c1. The molecule has 5 heterocycles. The molecule has 1 unspecified atom stereocenters. The first-order chi connectivity index (χ1) is 32.8. The maximum absolute atomic E-state index is 13.6. The van der Waals surface area contributed by atoms with E-state index in [0.29, 0.717) is 69.5 Å². The lowest BCUT2D eigenvalue weighted by atomic mass is 9.87. The summed E-state index contributed by atoms with van der Waals surface area (Å²) in [6, 6.07) is 23.9. The highest BCUT2D eigenvalue weighted by Gasteiger charge is 2.40. The van der Waals surface area contributed by atoms with Crippen LogP contribution >= 0.6 is 0 Å². The van der Waals surface area contributed by atoms with E-state index in [0.717, 1.165) is 91.3 Å². The minimum Gasteiger partial charge on any atom is -0.494 e. The average molecular weight is 913 g/mol. The lowest BCUT2D eigenvalue weighted by Crippen LogP contribution is -2.52. The molecule has 0 bridgehead atoms. The summed E-state index contributed by atoms with van der Waals surface area (Å²) >= 11 is 0. The number of unbranched alkanes of at least 4 members (excludes halogenated alkanes) is 3. The third kappa shape index (κ3) is 12.0. The first-order valence-electron chi connectivity index (χ1n) is 23.4. The minimum atomic E-state index is -0.641. The Labute approximate surface area is 390 Å². The number of ether oxygens (including phenoxy) is 3. The van der Waals surface area contributed by atoms with E-state index in [1.54, 1.807) is 23.4 Å². The molecule has 0 aliphatic carbocycles. The molecule has 2 aromatic heterocycles. The summed E-state index contributed by atoms with van der Waals surface area (Å²) < 4.78 is 17.6. The molecule has 2 saturated heterocycles. The second kappa shape index (κ2) is 22.7. The van der Waals surface area contributed by atoms with Crippen molar-refractivity contribution in [2.24, 2.45) is 0 Å². The number of fused-ring (bicyclic) bond motifs is 1. The summed E-state index contributed by atoms with van der Waals surface area (Å²) in [4.78, 5) is 61.2. The van der Waals surface area contributed by atoms with Crippen LogP contribution < -0.4 is 31.3 Å². The minimum absolute atomic E-state index is 0.166. The van der Waals surface area contributed by atoms with Gasteiger partial charge in [-0.05, 0) is 119 Å². The van der Waals surface area contributed by atoms with Gasteiger partial charge in [-0.1, -0.05) is 30.7 Å². The van der Waals surface area contributed by atoms with Crippen molar-refractivity contribution < 1.29 is 33.4 Å². The number of piperidine rings is 2. The predicted molar refractivity (Wildman–Crippen MR) is 252 cm³/mol. The molecule has 0 spiro atoms. The lowest BCUT2D eigenvalue weighted by Gasteiger charge is -2.37. The number of imide groups is 1. The van der Waals surface area contributed by atoms with Crippen LogP contribution in [0.2, 0.25) is 0 Å². The van der Waals surface area contributed by atoms with Crippen molar-refractivity contribution in [3.8, 4) is 17.1 Å². The standard InChI is InChI=1S/C50H60N10O7/c1-34(54-46(62)37-10-6-11-38(31-37)57-50(19-23-52-24-20-50)49-56-45(58-59-49)35-17-21-51-22-18-35)36-9-7-12-39(32-36)67-27-5-3-2-4-26-65-29-30-66-28-25-53-42-14-8-13-40-41(42)33-60(48(40)64)43-15-16-44(61)55-47(43)63/h6-14,17-18,21-22,31-32,34,43,52-53,57H,2-5,15-16,19-20,23-30,33H2,1H3,(H,54,62)(H,55,61,63)(H,56,58,59)/t34-,43?/m1/s1. The molecule has 3 aromatic carbocycles. The molecule has 0 radical (unpaired) electrons. The molecule has 3 aliphatic rings. The van der Waals surface area contributed by atoms with Crippen LogP contribution in [-0.4, -0.2) is 107 Å². The first-order valence-corrected chi connectivity index (χ1v) is 23.4. The molecule has 0 saturated carbocycles. The van der Waals surface area contributed by atoms with Crippen molar-refractivity contribution in [3.05, 3.63) is 119 Å². The van der Waals surface area contributed by atoms with E-state index in [1.807, 2.05) is 79.7 Å². The molecular formula is C50H60N10O7. The van der Waals surface area contributed by atoms with Crippen molar-refractivity contribution in [2.45, 2.75) is 82.5 Å². The number of carbonyl (C=O) groups is 4. The molecule has 4 amide bonds. The van der Waals surface area contributed by atoms with Crippen molar-refractivity contribution >= 4 is 35.0 Å². The van der Waals surface area contributed by atoms with Gasteiger partial charge in [0.05, 0.1) is 38.0 Å². The summed E-state index contributed by atoms with van der Waals surface area (Å²) in [7, 11) is 0. The number of rotatable bonds is 23. The van der Waals surface area contributed by atoms with Gasteiger partial charge in [0, 0.05) is 72.1 Å². The van der Waals surface area contributed by atoms with E-state index in [4.69, 9.17) is 19.2 Å². The number of aromatic amines is 1. The van der Waals surface area contributed by atoms with E-state index in [1.165, 1.54) is 0 Å². The van der Waals surface area contributed by atoms with E-state index in [2.05, 4.69) is 41.8 Å². The summed E-state index contributed by atoms with van der Waals surface area (Å²) in [6.45, 7) is 7.22. The zero-order valence-electron chi connectivity index (χ0n) is 38.0. The average Bonchev–Trinajstić information content (AvgIpc) is 3.99. The number of H-pyrrole nitrogens is 1. The molecular weight excluding hydrogens is 853 g/mol. The number of carbonyl (C=O) groups excluding carboxylic acids is 4. The third-order valence-electron chi connectivity index (χ3n) is 12.5. The Bertz CT molecular complexity index is 2480. The zero-order chi connectivity index (χ0) is 46.4. The van der Waals surface area contributed by atoms with Crippen LogP contribution in [0.1, 0.15) is 102 Å². The van der Waals surface area contributed by atoms with Crippen LogP contribution in [0.4, 0.5) is 11.4 Å². The van der Waals surface area contributed by atoms with E-state index >= 15 is 0 Å². The number of benzene rings is 3. The molecule has 8 rings (SSSR count). The van der Waals surface area contributed by atoms with Gasteiger partial charge in [0.25, 0.3) is 11.8 Å². The molecule has 352 valence electrons. The maximum atomic E-state index is 13.6. The van der Waals surface area contributed by atoms with E-state index in [9.17, 15) is 19.2 Å². The Morgan fingerprint density at radius 3 is 2.48 bits per heavy atom. The monoisotopic (exact) mass is 912 g/mol. The smallest absolute Gasteiger partial charge is 0.255 e. The van der Waals surface area contributed by atoms with Crippen LogP contribution in [0.3, 0.4) is 0 Å². The van der Waals surface area contributed by atoms with Crippen LogP contribution in [0, 0.1) is 0 Å². The predicted octanol–water partition coefficient (Wildman–Crippen LogP) is 5.89. The van der Waals surface area contributed by atoms with Gasteiger partial charge in [0.1, 0.15) is 11.8 Å². The molecule has 2 atom stereocenters. The quantitative estimate of drug-likeness (QED) is 0.0334. The molecule has 17 heteroatoms. The normalized spacial score (nSPS) is 17.1. The fraction of sp³-hybridized carbons (Fsp3) is 0.420. The Morgan fingerprint density at radius 2 is 1.66 bits per heavy atom. The van der Waals surface area contributed by atoms with Crippen LogP contribution in [0.5, 0.6) is 5.75 Å². The number of anilines is 2. The van der Waals surface area contributed by atoms with E-state index < -0.39 is 17.5 Å². The zero-order valence-corrected chi connectivity index (χ0v) is 38.0. The number of nitrogens with one attached hydrogen (secondary N) is 6. The number of hydrogen-bond acceptors (Lipinski definition) is 13. The summed E-state index contributed by atoms with van der Waals surface area (Å²) in [5.74, 6) is 1.08. The Balaban J connectivity index is 0.688. The van der Waals surface area contributed by atoms with Crippen molar-refractivity contribution in [1.82, 2.24) is 41.0 Å². The Hall–Kier alpha value is -6.69. The van der Waals surface area contributed by atoms with Gasteiger partial charge in [-0.25, -0.2) is 4.98 Å². The number of amides is 4. The fourth-order valence-corrected chi connectivity index (χ4v) is 8.81. The van der Waals surface area contributed by atoms with Crippen molar-refractivity contribution in [2.75, 3.05) is 63.3 Å². The highest BCUT2D eigenvalue weighted by Crippen LogP contribution is 2.35. The number of pyridine rings is 1. The molecule has 6 N–H and O–H groups in total. The fourth-order valence-electron chi connectivity index (χ4n) is 8.81. The van der Waals surface area contributed by atoms with Crippen LogP contribution in [-0.2, 0) is 31.1 Å². The Kier molecular flexibility index (Phi) is 15.8. The largest absolute Gasteiger partial charge is 0.494 e. The van der Waals surface area contributed by atoms with Gasteiger partial charge in [-0.2, -0.15) is 5.10 Å². The molecule has 3 aliphatic heterocycles. The maximum Gasteiger partial charge on any atom is 0.255 e. The highest BCUT2D eigenvalue weighted by molar-refractivity contribution is 6.06. The van der Waals surface area contributed by atoms with Gasteiger partial charge in [-0.15, -0.1) is 0 Å². The topological polar surface area (TPSA) is 214 Å². The third-order valence-corrected chi connectivity index (χ3v) is 12.5. The molecule has 2 fully saturated rings. The number of hydrogen-bond donors (Lipinski definition) is 6. The van der Waals surface area contributed by atoms with Crippen molar-refractivity contribution in [3.63, 3.8) is 0 Å². The van der Waals surface area contributed by atoms with Gasteiger partial charge in [0.15, 0.2) is 11.6 Å². The van der Waals surface area contributed by atoms with Crippen molar-refractivity contribution in [1.29, 1.82) is 0 Å². The molecule has 17 nitrogen and oxygen atoms in total. The number of aromatic nitrogens is 4. The second-order valence-corrected chi connectivity index (χ2v) is 17.2. The highest BCUT2D eigenvalue weighted by atomic mass is 16.5. The summed E-state index contributed by atoms with van der Waals surface area (Å²) in [6.07, 6.45) is 9.53. The van der Waals surface area contributed by atoms with Crippen LogP contribution in [0.15, 0.2) is 91.3 Å². The van der Waals surface area contributed by atoms with Gasteiger partial charge < -0.3 is 40.4 Å². The van der Waals surface area contributed by atoms with Gasteiger partial charge in [0.2, 0.25) is 11.8 Å². The molecule has 67 heavy (non-hydrogen) atoms. The first kappa shape index (κ1) is 46.8. The number of nitrogens with zero attached hydrogens (tertiary/aromatic N) is 4. The van der Waals surface area contributed by atoms with Gasteiger partial charge in [-0.3, -0.25) is 34.6 Å². The van der Waals surface area contributed by atoms with Gasteiger partial charge >= 0.3 is 0 Å². The van der Waals surface area contributed by atoms with Crippen LogP contribution in [0.25, 0.3) is 11.4 Å². The second-order valence-electron chi connectivity index (χ2n) is 17.2. The summed E-state index contributed by atoms with van der Waals surface area (Å²) in [5.41, 5.74) is 5.02.